The quantitative estimate of drug-likeness (QED) is 0.639. The number of benzene rings is 1. The first-order chi connectivity index (χ1) is 16.2. The third-order valence-electron chi connectivity index (χ3n) is 6.39. The first-order valence-corrected chi connectivity index (χ1v) is 11.4. The Balaban J connectivity index is 1.77. The van der Waals surface area contributed by atoms with Gasteiger partial charge in [-0.1, -0.05) is 6.07 Å². The van der Waals surface area contributed by atoms with E-state index < -0.39 is 23.7 Å². The number of amides is 2. The smallest absolute Gasteiger partial charge is 0.332 e. The number of pyridine rings is 1. The molecule has 0 unspecified atom stereocenters. The lowest BCUT2D eigenvalue weighted by Crippen LogP contribution is -2.43. The number of carbonyl (C=O) groups is 2. The molecule has 2 amide bonds. The van der Waals surface area contributed by atoms with Gasteiger partial charge in [0.2, 0.25) is 5.91 Å². The van der Waals surface area contributed by atoms with Crippen molar-refractivity contribution in [3.8, 4) is 0 Å². The zero-order valence-electron chi connectivity index (χ0n) is 20.0. The summed E-state index contributed by atoms with van der Waals surface area (Å²) in [7, 11) is 1.49. The predicted octanol–water partition coefficient (Wildman–Crippen LogP) is 2.29. The average Bonchev–Trinajstić information content (AvgIpc) is 2.82. The fraction of sp³-hybridized carbons (Fsp3) is 0.400. The van der Waals surface area contributed by atoms with Gasteiger partial charge in [-0.15, -0.1) is 0 Å². The minimum absolute atomic E-state index is 0.0576. The monoisotopic (exact) mass is 463 g/mol. The van der Waals surface area contributed by atoms with Crippen molar-refractivity contribution < 1.29 is 9.59 Å². The molecule has 3 heterocycles. The van der Waals surface area contributed by atoms with Gasteiger partial charge >= 0.3 is 5.69 Å². The molecule has 1 saturated heterocycles. The van der Waals surface area contributed by atoms with Gasteiger partial charge in [0.15, 0.2) is 0 Å². The average molecular weight is 464 g/mol. The van der Waals surface area contributed by atoms with E-state index in [4.69, 9.17) is 0 Å². The van der Waals surface area contributed by atoms with Crippen LogP contribution in [0, 0.1) is 20.8 Å². The summed E-state index contributed by atoms with van der Waals surface area (Å²) >= 11 is 0. The number of anilines is 1. The van der Waals surface area contributed by atoms with Crippen LogP contribution in [0.25, 0.3) is 11.0 Å². The summed E-state index contributed by atoms with van der Waals surface area (Å²) in [6.07, 6.45) is 2.89. The summed E-state index contributed by atoms with van der Waals surface area (Å²) in [5.74, 6) is -0.761. The molecule has 0 radical (unpaired) electrons. The van der Waals surface area contributed by atoms with E-state index in [0.717, 1.165) is 35.0 Å². The van der Waals surface area contributed by atoms with Crippen LogP contribution in [-0.2, 0) is 18.4 Å². The maximum absolute atomic E-state index is 13.5. The second kappa shape index (κ2) is 9.24. The standard InChI is InChI=1S/C25H29N5O4/c1-15-8-9-18(12-16(15)2)27-20(31)14-30-24(33)21-19(23(32)29-10-6-5-7-11-29)13-17(3)26-22(21)28(4)25(30)34/h8-9,12-13H,5-7,10-11,14H2,1-4H3,(H,27,31). The van der Waals surface area contributed by atoms with Crippen molar-refractivity contribution in [2.45, 2.75) is 46.6 Å². The molecule has 9 nitrogen and oxygen atoms in total. The fourth-order valence-electron chi connectivity index (χ4n) is 4.34. The Bertz CT molecular complexity index is 1410. The van der Waals surface area contributed by atoms with Gasteiger partial charge in [0.05, 0.1) is 10.9 Å². The maximum atomic E-state index is 13.5. The van der Waals surface area contributed by atoms with E-state index in [2.05, 4.69) is 10.3 Å². The molecule has 1 aliphatic heterocycles. The van der Waals surface area contributed by atoms with Crippen LogP contribution in [0.4, 0.5) is 5.69 Å². The van der Waals surface area contributed by atoms with Crippen LogP contribution >= 0.6 is 0 Å². The van der Waals surface area contributed by atoms with E-state index in [1.54, 1.807) is 24.0 Å². The molecular formula is C25H29N5O4. The van der Waals surface area contributed by atoms with Gasteiger partial charge in [0.25, 0.3) is 11.5 Å². The molecule has 178 valence electrons. The summed E-state index contributed by atoms with van der Waals surface area (Å²) in [5, 5.41) is 2.80. The number of aryl methyl sites for hydroxylation is 4. The van der Waals surface area contributed by atoms with Gasteiger partial charge in [-0.25, -0.2) is 9.78 Å². The second-order valence-corrected chi connectivity index (χ2v) is 8.94. The van der Waals surface area contributed by atoms with Gasteiger partial charge in [-0.3, -0.25) is 23.5 Å². The number of aromatic nitrogens is 3. The number of likely N-dealkylation sites (tertiary alicyclic amines) is 1. The van der Waals surface area contributed by atoms with Crippen LogP contribution in [0.1, 0.15) is 46.4 Å². The Kier molecular flexibility index (Phi) is 6.37. The number of carbonyl (C=O) groups excluding carboxylic acids is 2. The van der Waals surface area contributed by atoms with Crippen molar-refractivity contribution in [3.63, 3.8) is 0 Å². The minimum atomic E-state index is -0.693. The largest absolute Gasteiger partial charge is 0.339 e. The number of piperidine rings is 1. The first kappa shape index (κ1) is 23.4. The molecule has 2 aromatic heterocycles. The van der Waals surface area contributed by atoms with E-state index in [9.17, 15) is 19.2 Å². The van der Waals surface area contributed by atoms with E-state index in [1.807, 2.05) is 26.0 Å². The van der Waals surface area contributed by atoms with Crippen molar-refractivity contribution in [2.24, 2.45) is 7.05 Å². The Morgan fingerprint density at radius 3 is 2.38 bits per heavy atom. The Morgan fingerprint density at radius 2 is 1.71 bits per heavy atom. The lowest BCUT2D eigenvalue weighted by molar-refractivity contribution is -0.116. The third-order valence-corrected chi connectivity index (χ3v) is 6.39. The Morgan fingerprint density at radius 1 is 1.00 bits per heavy atom. The molecule has 0 saturated carbocycles. The number of fused-ring (bicyclic) bond motifs is 1. The van der Waals surface area contributed by atoms with Gasteiger partial charge in [-0.2, -0.15) is 0 Å². The molecule has 1 aliphatic rings. The molecule has 0 aliphatic carbocycles. The topological polar surface area (TPSA) is 106 Å². The highest BCUT2D eigenvalue weighted by atomic mass is 16.2. The van der Waals surface area contributed by atoms with Gasteiger partial charge in [0.1, 0.15) is 12.2 Å². The van der Waals surface area contributed by atoms with Crippen LogP contribution < -0.4 is 16.6 Å². The van der Waals surface area contributed by atoms with Crippen LogP contribution in [0.2, 0.25) is 0 Å². The molecule has 3 aromatic rings. The van der Waals surface area contributed by atoms with E-state index in [0.29, 0.717) is 24.5 Å². The Labute approximate surface area is 197 Å². The molecule has 34 heavy (non-hydrogen) atoms. The summed E-state index contributed by atoms with van der Waals surface area (Å²) in [4.78, 5) is 58.6. The zero-order chi connectivity index (χ0) is 24.6. The molecule has 1 N–H and O–H groups in total. The van der Waals surface area contributed by atoms with Crippen LogP contribution in [-0.4, -0.2) is 43.9 Å². The van der Waals surface area contributed by atoms with Crippen molar-refractivity contribution in [1.82, 2.24) is 19.0 Å². The summed E-state index contributed by atoms with van der Waals surface area (Å²) in [5.41, 5.74) is 2.22. The molecule has 0 bridgehead atoms. The second-order valence-electron chi connectivity index (χ2n) is 8.94. The number of hydrogen-bond donors (Lipinski definition) is 1. The van der Waals surface area contributed by atoms with Crippen molar-refractivity contribution in [2.75, 3.05) is 18.4 Å². The SMILES string of the molecule is Cc1cc(C(=O)N2CCCCC2)c2c(=O)n(CC(=O)Nc3ccc(C)c(C)c3)c(=O)n(C)c2n1. The molecular weight excluding hydrogens is 434 g/mol. The third kappa shape index (κ3) is 4.37. The summed E-state index contributed by atoms with van der Waals surface area (Å²) < 4.78 is 2.09. The first-order valence-electron chi connectivity index (χ1n) is 11.4. The van der Waals surface area contributed by atoms with Crippen molar-refractivity contribution in [1.29, 1.82) is 0 Å². The fourth-order valence-corrected chi connectivity index (χ4v) is 4.34. The Hall–Kier alpha value is -3.75. The minimum Gasteiger partial charge on any atom is -0.339 e. The number of rotatable bonds is 4. The molecule has 4 rings (SSSR count). The van der Waals surface area contributed by atoms with Crippen molar-refractivity contribution >= 4 is 28.5 Å². The summed E-state index contributed by atoms with van der Waals surface area (Å²) in [6, 6.07) is 7.07. The van der Waals surface area contributed by atoms with Gasteiger partial charge in [-0.05, 0) is 69.4 Å². The number of nitrogens with zero attached hydrogens (tertiary/aromatic N) is 4. The van der Waals surface area contributed by atoms with Crippen LogP contribution in [0.15, 0.2) is 33.9 Å². The number of nitrogens with one attached hydrogen (secondary N) is 1. The maximum Gasteiger partial charge on any atom is 0.332 e. The predicted molar refractivity (Wildman–Crippen MR) is 130 cm³/mol. The molecule has 0 atom stereocenters. The molecule has 0 spiro atoms. The normalized spacial score (nSPS) is 13.8. The molecule has 1 fully saturated rings. The van der Waals surface area contributed by atoms with E-state index >= 15 is 0 Å². The van der Waals surface area contributed by atoms with E-state index in [-0.39, 0.29) is 22.5 Å². The number of hydrogen-bond acceptors (Lipinski definition) is 5. The highest BCUT2D eigenvalue weighted by molar-refractivity contribution is 6.05. The van der Waals surface area contributed by atoms with Gasteiger partial charge in [0, 0.05) is 31.5 Å². The van der Waals surface area contributed by atoms with E-state index in [1.165, 1.54) is 11.6 Å². The summed E-state index contributed by atoms with van der Waals surface area (Å²) in [6.45, 7) is 6.40. The zero-order valence-corrected chi connectivity index (χ0v) is 20.0. The molecule has 1 aromatic carbocycles. The van der Waals surface area contributed by atoms with Crippen LogP contribution in [0.3, 0.4) is 0 Å². The lowest BCUT2D eigenvalue weighted by atomic mass is 10.1. The highest BCUT2D eigenvalue weighted by Gasteiger charge is 2.25. The molecule has 9 heteroatoms. The lowest BCUT2D eigenvalue weighted by Gasteiger charge is -2.27. The van der Waals surface area contributed by atoms with Crippen LogP contribution in [0.5, 0.6) is 0 Å². The van der Waals surface area contributed by atoms with Gasteiger partial charge < -0.3 is 10.2 Å². The van der Waals surface area contributed by atoms with Crippen molar-refractivity contribution in [3.05, 3.63) is 67.5 Å². The highest BCUT2D eigenvalue weighted by Crippen LogP contribution is 2.19.